The second-order valence-electron chi connectivity index (χ2n) is 5.61. The van der Waals surface area contributed by atoms with Gasteiger partial charge in [0.2, 0.25) is 0 Å². The van der Waals surface area contributed by atoms with Gasteiger partial charge in [-0.1, -0.05) is 30.3 Å². The predicted molar refractivity (Wildman–Crippen MR) is 87.9 cm³/mol. The van der Waals surface area contributed by atoms with Crippen molar-refractivity contribution in [1.82, 2.24) is 0 Å². The van der Waals surface area contributed by atoms with Gasteiger partial charge in [-0.15, -0.1) is 0 Å². The van der Waals surface area contributed by atoms with Crippen molar-refractivity contribution in [3.8, 4) is 0 Å². The van der Waals surface area contributed by atoms with Gasteiger partial charge in [-0.25, -0.2) is 4.21 Å². The van der Waals surface area contributed by atoms with Crippen LogP contribution in [0.25, 0.3) is 0 Å². The fourth-order valence-electron chi connectivity index (χ4n) is 1.50. The molecule has 0 saturated carbocycles. The first-order chi connectivity index (χ1) is 9.93. The minimum absolute atomic E-state index is 0.273. The fourth-order valence-corrected chi connectivity index (χ4v) is 2.06. The monoisotopic (exact) mass is 311 g/mol. The summed E-state index contributed by atoms with van der Waals surface area (Å²) in [6, 6.07) is 9.96. The minimum atomic E-state index is -1.27. The van der Waals surface area contributed by atoms with Crippen molar-refractivity contribution in [2.45, 2.75) is 45.2 Å². The molecular formula is C16H25NO3S. The Morgan fingerprint density at radius 1 is 1.29 bits per heavy atom. The van der Waals surface area contributed by atoms with E-state index in [1.165, 1.54) is 0 Å². The van der Waals surface area contributed by atoms with E-state index in [0.29, 0.717) is 19.8 Å². The highest BCUT2D eigenvalue weighted by Crippen LogP contribution is 2.12. The molecule has 0 fully saturated rings. The molecule has 0 unspecified atom stereocenters. The first kappa shape index (κ1) is 18.0. The maximum atomic E-state index is 11.9. The number of benzene rings is 1. The van der Waals surface area contributed by atoms with Crippen LogP contribution in [-0.2, 0) is 27.1 Å². The molecule has 0 aliphatic rings. The Morgan fingerprint density at radius 3 is 2.52 bits per heavy atom. The molecule has 0 amide bonds. The minimum Gasteiger partial charge on any atom is -0.374 e. The lowest BCUT2D eigenvalue weighted by Gasteiger charge is -2.15. The van der Waals surface area contributed by atoms with Crippen LogP contribution in [0, 0.1) is 0 Å². The average Bonchev–Trinajstić information content (AvgIpc) is 2.44. The molecule has 0 saturated heterocycles. The Morgan fingerprint density at radius 2 is 1.95 bits per heavy atom. The topological polar surface area (TPSA) is 47.9 Å². The highest BCUT2D eigenvalue weighted by Gasteiger charge is 2.19. The van der Waals surface area contributed by atoms with Crippen molar-refractivity contribution in [2.24, 2.45) is 4.40 Å². The van der Waals surface area contributed by atoms with Gasteiger partial charge in [0.05, 0.1) is 18.0 Å². The Balaban J connectivity index is 2.46. The quantitative estimate of drug-likeness (QED) is 0.693. The van der Waals surface area contributed by atoms with Gasteiger partial charge in [-0.3, -0.25) is 0 Å². The smallest absolute Gasteiger partial charge is 0.144 e. The SMILES string of the molecule is CCO[C@@H](C=N[S@](=O)C(C)(C)C)COCc1ccccc1. The summed E-state index contributed by atoms with van der Waals surface area (Å²) >= 11 is 0. The summed E-state index contributed by atoms with van der Waals surface area (Å²) < 4.78 is 26.8. The predicted octanol–water partition coefficient (Wildman–Crippen LogP) is 3.14. The zero-order valence-electron chi connectivity index (χ0n) is 13.2. The Bertz CT molecular complexity index is 454. The molecule has 0 radical (unpaired) electrons. The van der Waals surface area contributed by atoms with Crippen LogP contribution in [0.2, 0.25) is 0 Å². The Labute approximate surface area is 130 Å². The van der Waals surface area contributed by atoms with Crippen LogP contribution in [0.15, 0.2) is 34.7 Å². The zero-order chi connectivity index (χ0) is 15.7. The van der Waals surface area contributed by atoms with Crippen LogP contribution in [-0.4, -0.2) is 34.5 Å². The Kier molecular flexibility index (Phi) is 7.78. The molecule has 1 aromatic rings. The molecule has 1 aromatic carbocycles. The zero-order valence-corrected chi connectivity index (χ0v) is 14.1. The number of nitrogens with zero attached hydrogens (tertiary/aromatic N) is 1. The normalized spacial score (nSPS) is 15.2. The lowest BCUT2D eigenvalue weighted by Crippen LogP contribution is -2.24. The summed E-state index contributed by atoms with van der Waals surface area (Å²) in [4.78, 5) is 0. The molecular weight excluding hydrogens is 286 g/mol. The van der Waals surface area contributed by atoms with E-state index >= 15 is 0 Å². The van der Waals surface area contributed by atoms with E-state index in [0.717, 1.165) is 5.56 Å². The maximum Gasteiger partial charge on any atom is 0.144 e. The second-order valence-corrected chi connectivity index (χ2v) is 7.54. The van der Waals surface area contributed by atoms with E-state index in [-0.39, 0.29) is 10.9 Å². The second kappa shape index (κ2) is 9.07. The van der Waals surface area contributed by atoms with E-state index in [2.05, 4.69) is 4.40 Å². The van der Waals surface area contributed by atoms with Gasteiger partial charge < -0.3 is 9.47 Å². The largest absolute Gasteiger partial charge is 0.374 e. The summed E-state index contributed by atoms with van der Waals surface area (Å²) in [5, 5.41) is 0. The lowest BCUT2D eigenvalue weighted by molar-refractivity contribution is 0.0189. The first-order valence-electron chi connectivity index (χ1n) is 7.13. The van der Waals surface area contributed by atoms with Gasteiger partial charge in [0.1, 0.15) is 17.1 Å². The van der Waals surface area contributed by atoms with Gasteiger partial charge in [0.15, 0.2) is 0 Å². The van der Waals surface area contributed by atoms with E-state index in [9.17, 15) is 4.21 Å². The lowest BCUT2D eigenvalue weighted by atomic mass is 10.2. The highest BCUT2D eigenvalue weighted by atomic mass is 32.2. The van der Waals surface area contributed by atoms with E-state index in [1.807, 2.05) is 58.0 Å². The standard InChI is InChI=1S/C16H25NO3S/c1-5-20-15(11-17-21(18)16(2,3)4)13-19-12-14-9-7-6-8-10-14/h6-11,15H,5,12-13H2,1-4H3/t15-,21+/m0/s1. The number of rotatable bonds is 8. The van der Waals surface area contributed by atoms with Crippen LogP contribution < -0.4 is 0 Å². The van der Waals surface area contributed by atoms with Crippen LogP contribution >= 0.6 is 0 Å². The van der Waals surface area contributed by atoms with E-state index < -0.39 is 11.0 Å². The molecule has 21 heavy (non-hydrogen) atoms. The first-order valence-corrected chi connectivity index (χ1v) is 8.23. The van der Waals surface area contributed by atoms with Crippen LogP contribution in [0.1, 0.15) is 33.3 Å². The molecule has 0 bridgehead atoms. The van der Waals surface area contributed by atoms with Crippen molar-refractivity contribution < 1.29 is 13.7 Å². The van der Waals surface area contributed by atoms with Crippen LogP contribution in [0.5, 0.6) is 0 Å². The van der Waals surface area contributed by atoms with E-state index in [4.69, 9.17) is 9.47 Å². The summed E-state index contributed by atoms with van der Waals surface area (Å²) in [5.74, 6) is 0. The summed E-state index contributed by atoms with van der Waals surface area (Å²) in [5.41, 5.74) is 1.11. The van der Waals surface area contributed by atoms with Gasteiger partial charge in [-0.05, 0) is 33.3 Å². The Hall–Kier alpha value is -1.04. The maximum absolute atomic E-state index is 11.9. The summed E-state index contributed by atoms with van der Waals surface area (Å²) in [6.07, 6.45) is 1.32. The molecule has 0 aliphatic carbocycles. The highest BCUT2D eigenvalue weighted by molar-refractivity contribution is 7.85. The summed E-state index contributed by atoms with van der Waals surface area (Å²) in [7, 11) is -1.27. The third kappa shape index (κ3) is 7.50. The van der Waals surface area contributed by atoms with Gasteiger partial charge in [-0.2, -0.15) is 4.40 Å². The van der Waals surface area contributed by atoms with Crippen LogP contribution in [0.4, 0.5) is 0 Å². The van der Waals surface area contributed by atoms with Gasteiger partial charge in [0.25, 0.3) is 0 Å². The molecule has 2 atom stereocenters. The molecule has 0 aromatic heterocycles. The number of hydrogen-bond donors (Lipinski definition) is 0. The van der Waals surface area contributed by atoms with Crippen molar-refractivity contribution in [1.29, 1.82) is 0 Å². The number of ether oxygens (including phenoxy) is 2. The molecule has 0 aliphatic heterocycles. The molecule has 1 rings (SSSR count). The third-order valence-electron chi connectivity index (χ3n) is 2.62. The van der Waals surface area contributed by atoms with Gasteiger partial charge >= 0.3 is 0 Å². The van der Waals surface area contributed by atoms with Crippen molar-refractivity contribution in [3.63, 3.8) is 0 Å². The van der Waals surface area contributed by atoms with E-state index in [1.54, 1.807) is 6.21 Å². The van der Waals surface area contributed by atoms with Crippen molar-refractivity contribution >= 4 is 17.2 Å². The van der Waals surface area contributed by atoms with Crippen molar-refractivity contribution in [2.75, 3.05) is 13.2 Å². The molecule has 0 N–H and O–H groups in total. The van der Waals surface area contributed by atoms with Crippen molar-refractivity contribution in [3.05, 3.63) is 35.9 Å². The molecule has 0 spiro atoms. The molecule has 5 heteroatoms. The van der Waals surface area contributed by atoms with Crippen LogP contribution in [0.3, 0.4) is 0 Å². The molecule has 0 heterocycles. The van der Waals surface area contributed by atoms with Gasteiger partial charge in [0, 0.05) is 12.8 Å². The molecule has 118 valence electrons. The third-order valence-corrected chi connectivity index (χ3v) is 3.98. The average molecular weight is 311 g/mol. The summed E-state index contributed by atoms with van der Waals surface area (Å²) in [6.45, 7) is 9.08. The fraction of sp³-hybridized carbons (Fsp3) is 0.562. The number of hydrogen-bond acceptors (Lipinski definition) is 3. The molecule has 4 nitrogen and oxygen atoms in total.